The molecule has 2 unspecified atom stereocenters. The summed E-state index contributed by atoms with van der Waals surface area (Å²) in [5.74, 6) is -0.488. The predicted octanol–water partition coefficient (Wildman–Crippen LogP) is 4.98. The molecule has 4 rings (SSSR count). The van der Waals surface area contributed by atoms with Gasteiger partial charge >= 0.3 is 5.97 Å². The highest BCUT2D eigenvalue weighted by molar-refractivity contribution is 6.30. The van der Waals surface area contributed by atoms with E-state index in [9.17, 15) is 9.59 Å². The van der Waals surface area contributed by atoms with Gasteiger partial charge in [0.1, 0.15) is 18.8 Å². The number of esters is 1. The van der Waals surface area contributed by atoms with Gasteiger partial charge in [0.25, 0.3) is 0 Å². The average molecular weight is 448 g/mol. The van der Waals surface area contributed by atoms with Gasteiger partial charge in [-0.3, -0.25) is 4.79 Å². The third kappa shape index (κ3) is 4.34. The van der Waals surface area contributed by atoms with Gasteiger partial charge < -0.3 is 14.4 Å². The molecule has 1 amide bonds. The van der Waals surface area contributed by atoms with E-state index >= 15 is 0 Å². The zero-order valence-electron chi connectivity index (χ0n) is 16.6. The number of rotatable bonds is 6. The van der Waals surface area contributed by atoms with Crippen LogP contribution < -0.4 is 0 Å². The molecule has 3 atom stereocenters. The third-order valence-corrected chi connectivity index (χ3v) is 6.03. The fraction of sp³-hybridized carbons (Fsp3) is 0.391. The number of hydrogen-bond donors (Lipinski definition) is 0. The molecule has 7 heteroatoms. The zero-order chi connectivity index (χ0) is 21.3. The molecule has 0 spiro atoms. The molecule has 1 saturated carbocycles. The SMILES string of the molecule is CCOC(=O)C(C1CC1)N1C(=O)COC(c2cccc(Cl)c2)[C@H]1c1ccc(Cl)cc1. The molecule has 1 heterocycles. The number of benzene rings is 2. The number of ether oxygens (including phenoxy) is 2. The van der Waals surface area contributed by atoms with Crippen molar-refractivity contribution in [3.63, 3.8) is 0 Å². The molecule has 0 radical (unpaired) electrons. The van der Waals surface area contributed by atoms with Crippen LogP contribution in [0.4, 0.5) is 0 Å². The molecule has 0 N–H and O–H groups in total. The Morgan fingerprint density at radius 3 is 2.50 bits per heavy atom. The molecule has 30 heavy (non-hydrogen) atoms. The van der Waals surface area contributed by atoms with E-state index < -0.39 is 18.2 Å². The summed E-state index contributed by atoms with van der Waals surface area (Å²) in [7, 11) is 0. The second-order valence-electron chi connectivity index (χ2n) is 7.62. The summed E-state index contributed by atoms with van der Waals surface area (Å²) in [5, 5.41) is 1.18. The Hall–Kier alpha value is -2.08. The van der Waals surface area contributed by atoms with Gasteiger partial charge in [0.2, 0.25) is 5.91 Å². The van der Waals surface area contributed by atoms with Gasteiger partial charge in [0, 0.05) is 10.0 Å². The van der Waals surface area contributed by atoms with Crippen molar-refractivity contribution in [2.45, 2.75) is 38.0 Å². The summed E-state index contributed by atoms with van der Waals surface area (Å²) in [6, 6.07) is 13.6. The highest BCUT2D eigenvalue weighted by Gasteiger charge is 2.50. The van der Waals surface area contributed by atoms with Crippen LogP contribution in [0.2, 0.25) is 10.0 Å². The van der Waals surface area contributed by atoms with E-state index in [0.29, 0.717) is 10.0 Å². The number of hydrogen-bond acceptors (Lipinski definition) is 4. The summed E-state index contributed by atoms with van der Waals surface area (Å²) >= 11 is 12.3. The van der Waals surface area contributed by atoms with Gasteiger partial charge in [-0.25, -0.2) is 4.79 Å². The van der Waals surface area contributed by atoms with Crippen molar-refractivity contribution < 1.29 is 19.1 Å². The molecular formula is C23H23Cl2NO4. The van der Waals surface area contributed by atoms with Gasteiger partial charge in [-0.05, 0) is 61.1 Å². The minimum absolute atomic E-state index is 0.0981. The first kappa shape index (κ1) is 21.2. The first-order chi connectivity index (χ1) is 14.5. The van der Waals surface area contributed by atoms with Crippen LogP contribution in [0, 0.1) is 5.92 Å². The largest absolute Gasteiger partial charge is 0.464 e. The van der Waals surface area contributed by atoms with Crippen LogP contribution in [0.3, 0.4) is 0 Å². The van der Waals surface area contributed by atoms with E-state index in [-0.39, 0.29) is 31.0 Å². The second-order valence-corrected chi connectivity index (χ2v) is 8.49. The molecule has 2 aliphatic rings. The number of halogens is 2. The van der Waals surface area contributed by atoms with Crippen LogP contribution in [0.15, 0.2) is 48.5 Å². The summed E-state index contributed by atoms with van der Waals surface area (Å²) in [5.41, 5.74) is 1.69. The number of carbonyl (C=O) groups excluding carboxylic acids is 2. The van der Waals surface area contributed by atoms with Crippen LogP contribution in [-0.2, 0) is 19.1 Å². The molecule has 1 aliphatic heterocycles. The topological polar surface area (TPSA) is 55.8 Å². The van der Waals surface area contributed by atoms with Crippen molar-refractivity contribution in [3.8, 4) is 0 Å². The maximum absolute atomic E-state index is 13.1. The average Bonchev–Trinajstić information content (AvgIpc) is 3.55. The van der Waals surface area contributed by atoms with Gasteiger partial charge in [0.05, 0.1) is 12.6 Å². The number of morpholine rings is 1. The zero-order valence-corrected chi connectivity index (χ0v) is 18.1. The second kappa shape index (κ2) is 8.96. The lowest BCUT2D eigenvalue weighted by Gasteiger charge is -2.44. The lowest BCUT2D eigenvalue weighted by atomic mass is 9.90. The van der Waals surface area contributed by atoms with E-state index in [4.69, 9.17) is 32.7 Å². The first-order valence-electron chi connectivity index (χ1n) is 10.1. The Labute approximate surface area is 185 Å². The minimum atomic E-state index is -0.635. The molecule has 5 nitrogen and oxygen atoms in total. The molecule has 158 valence electrons. The smallest absolute Gasteiger partial charge is 0.329 e. The van der Waals surface area contributed by atoms with E-state index in [2.05, 4.69) is 0 Å². The number of nitrogens with zero attached hydrogens (tertiary/aromatic N) is 1. The van der Waals surface area contributed by atoms with Crippen molar-refractivity contribution in [2.75, 3.05) is 13.2 Å². The van der Waals surface area contributed by atoms with Crippen LogP contribution in [0.5, 0.6) is 0 Å². The molecular weight excluding hydrogens is 425 g/mol. The summed E-state index contributed by atoms with van der Waals surface area (Å²) in [6.07, 6.45) is 1.31. The Morgan fingerprint density at radius 1 is 1.13 bits per heavy atom. The Kier molecular flexibility index (Phi) is 6.32. The minimum Gasteiger partial charge on any atom is -0.464 e. The Morgan fingerprint density at radius 2 is 1.87 bits per heavy atom. The molecule has 1 saturated heterocycles. The fourth-order valence-corrected chi connectivity index (χ4v) is 4.41. The van der Waals surface area contributed by atoms with Crippen molar-refractivity contribution in [1.82, 2.24) is 4.90 Å². The lowest BCUT2D eigenvalue weighted by Crippen LogP contribution is -2.54. The first-order valence-corrected chi connectivity index (χ1v) is 10.9. The molecule has 0 aromatic heterocycles. The standard InChI is InChI=1S/C23H23Cl2NO4/c1-2-29-23(28)21(15-6-7-15)26-19(27)13-30-22(16-4-3-5-18(25)12-16)20(26)14-8-10-17(24)11-9-14/h3-5,8-12,15,20-22H,2,6-7,13H2,1H3/t20-,21?,22?/m1/s1. The normalized spacial score (nSPS) is 22.6. The van der Waals surface area contributed by atoms with Gasteiger partial charge in [0.15, 0.2) is 0 Å². The van der Waals surface area contributed by atoms with Crippen molar-refractivity contribution in [1.29, 1.82) is 0 Å². The Balaban J connectivity index is 1.81. The van der Waals surface area contributed by atoms with Crippen molar-refractivity contribution in [3.05, 3.63) is 69.7 Å². The van der Waals surface area contributed by atoms with E-state index in [0.717, 1.165) is 24.0 Å². The van der Waals surface area contributed by atoms with Gasteiger partial charge in [-0.2, -0.15) is 0 Å². The highest BCUT2D eigenvalue weighted by Crippen LogP contribution is 2.46. The lowest BCUT2D eigenvalue weighted by molar-refractivity contribution is -0.174. The van der Waals surface area contributed by atoms with Crippen molar-refractivity contribution in [2.24, 2.45) is 5.92 Å². The van der Waals surface area contributed by atoms with Gasteiger partial charge in [-0.1, -0.05) is 47.5 Å². The molecule has 1 aliphatic carbocycles. The predicted molar refractivity (Wildman–Crippen MR) is 114 cm³/mol. The van der Waals surface area contributed by atoms with Crippen LogP contribution >= 0.6 is 23.2 Å². The van der Waals surface area contributed by atoms with Crippen LogP contribution in [0.1, 0.15) is 43.0 Å². The maximum atomic E-state index is 13.1. The fourth-order valence-electron chi connectivity index (χ4n) is 4.09. The van der Waals surface area contributed by atoms with Crippen LogP contribution in [0.25, 0.3) is 0 Å². The molecule has 2 aromatic carbocycles. The summed E-state index contributed by atoms with van der Waals surface area (Å²) in [4.78, 5) is 27.7. The van der Waals surface area contributed by atoms with Gasteiger partial charge in [-0.15, -0.1) is 0 Å². The van der Waals surface area contributed by atoms with Crippen LogP contribution in [-0.4, -0.2) is 36.0 Å². The monoisotopic (exact) mass is 447 g/mol. The third-order valence-electron chi connectivity index (χ3n) is 5.55. The molecule has 2 aromatic rings. The van der Waals surface area contributed by atoms with Crippen molar-refractivity contribution >= 4 is 35.1 Å². The van der Waals surface area contributed by atoms with E-state index in [1.165, 1.54) is 0 Å². The molecule has 0 bridgehead atoms. The number of amides is 1. The quantitative estimate of drug-likeness (QED) is 0.586. The summed E-state index contributed by atoms with van der Waals surface area (Å²) < 4.78 is 11.4. The summed E-state index contributed by atoms with van der Waals surface area (Å²) in [6.45, 7) is 1.93. The Bertz CT molecular complexity index is 929. The molecule has 2 fully saturated rings. The van der Waals surface area contributed by atoms with E-state index in [1.807, 2.05) is 30.3 Å². The van der Waals surface area contributed by atoms with E-state index in [1.54, 1.807) is 30.0 Å². The number of carbonyl (C=O) groups is 2. The maximum Gasteiger partial charge on any atom is 0.329 e. The highest BCUT2D eigenvalue weighted by atomic mass is 35.5.